The summed E-state index contributed by atoms with van der Waals surface area (Å²) in [6.45, 7) is 8.10. The van der Waals surface area contributed by atoms with Gasteiger partial charge in [0.05, 0.1) is 19.3 Å². The molecule has 2 saturated carbocycles. The number of aliphatic carboxylic acids is 1. The summed E-state index contributed by atoms with van der Waals surface area (Å²) >= 11 is 0. The molecule has 2 saturated heterocycles. The van der Waals surface area contributed by atoms with Crippen molar-refractivity contribution in [3.8, 4) is 0 Å². The maximum Gasteiger partial charge on any atom is 0.326 e. The lowest BCUT2D eigenvalue weighted by Gasteiger charge is -2.37. The van der Waals surface area contributed by atoms with Gasteiger partial charge in [0.15, 0.2) is 11.5 Å². The molecular formula is C34H47N7O3. The van der Waals surface area contributed by atoms with E-state index in [-0.39, 0.29) is 12.1 Å². The van der Waals surface area contributed by atoms with Gasteiger partial charge in [-0.1, -0.05) is 56.5 Å². The Morgan fingerprint density at radius 2 is 1.80 bits per heavy atom. The molecule has 0 spiro atoms. The minimum atomic E-state index is -0.819. The van der Waals surface area contributed by atoms with E-state index in [4.69, 9.17) is 19.7 Å². The monoisotopic (exact) mass is 601 g/mol. The number of aromatic nitrogens is 4. The van der Waals surface area contributed by atoms with Gasteiger partial charge in [0.1, 0.15) is 11.6 Å². The number of carboxylic acid groups (broad SMARTS) is 1. The second kappa shape index (κ2) is 12.5. The van der Waals surface area contributed by atoms with E-state index < -0.39 is 12.0 Å². The van der Waals surface area contributed by atoms with Gasteiger partial charge in [-0.2, -0.15) is 15.0 Å². The maximum absolute atomic E-state index is 12.2. The molecule has 2 aliphatic carbocycles. The fourth-order valence-electron chi connectivity index (χ4n) is 7.73. The van der Waals surface area contributed by atoms with E-state index in [0.717, 1.165) is 42.7 Å². The lowest BCUT2D eigenvalue weighted by atomic mass is 9.80. The van der Waals surface area contributed by atoms with Crippen molar-refractivity contribution in [2.45, 2.75) is 96.3 Å². The highest BCUT2D eigenvalue weighted by Gasteiger charge is 2.36. The average Bonchev–Trinajstić information content (AvgIpc) is 3.64. The smallest absolute Gasteiger partial charge is 0.326 e. The molecule has 10 heteroatoms. The number of imidazole rings is 1. The first kappa shape index (κ1) is 29.3. The lowest BCUT2D eigenvalue weighted by Crippen LogP contribution is -2.41. The first-order valence-corrected chi connectivity index (χ1v) is 16.9. The molecule has 2 N–H and O–H groups in total. The van der Waals surface area contributed by atoms with Gasteiger partial charge in [0.2, 0.25) is 11.9 Å². The van der Waals surface area contributed by atoms with Gasteiger partial charge in [-0.25, -0.2) is 4.79 Å². The van der Waals surface area contributed by atoms with Crippen LogP contribution in [0.2, 0.25) is 0 Å². The van der Waals surface area contributed by atoms with Gasteiger partial charge in [0, 0.05) is 25.7 Å². The molecule has 1 aromatic carbocycles. The second-order valence-electron chi connectivity index (χ2n) is 13.7. The number of carboxylic acids is 1. The van der Waals surface area contributed by atoms with Gasteiger partial charge in [-0.15, -0.1) is 0 Å². The van der Waals surface area contributed by atoms with Crippen molar-refractivity contribution < 1.29 is 14.6 Å². The topological polar surface area (TPSA) is 109 Å². The van der Waals surface area contributed by atoms with E-state index in [1.54, 1.807) is 0 Å². The lowest BCUT2D eigenvalue weighted by molar-refractivity contribution is -0.138. The van der Waals surface area contributed by atoms with Crippen molar-refractivity contribution >= 4 is 34.8 Å². The first-order valence-electron chi connectivity index (χ1n) is 16.9. The van der Waals surface area contributed by atoms with E-state index >= 15 is 0 Å². The Bertz CT molecular complexity index is 1450. The van der Waals surface area contributed by atoms with Crippen molar-refractivity contribution in [2.75, 3.05) is 41.4 Å². The molecule has 0 bridgehead atoms. The van der Waals surface area contributed by atoms with Crippen LogP contribution >= 0.6 is 0 Å². The molecule has 10 nitrogen and oxygen atoms in total. The third-order valence-corrected chi connectivity index (χ3v) is 10.7. The fourth-order valence-corrected chi connectivity index (χ4v) is 7.73. The van der Waals surface area contributed by atoms with Crippen molar-refractivity contribution in [3.63, 3.8) is 0 Å². The summed E-state index contributed by atoms with van der Waals surface area (Å²) in [4.78, 5) is 31.9. The summed E-state index contributed by atoms with van der Waals surface area (Å²) in [6, 6.07) is 10.3. The standard InChI is InChI=1S/C34H47N7O3/c1-22-13-15-24(16-14-22)20-41-29-30(35-23(2)25-10-6-11-25)36-33(39-17-7-12-27(39)32(42)43)37-31(29)38-34(41)40-18-19-44-21-28(40)26-8-4-3-5-9-26/h3-5,8-9,22-25,27-28H,6-7,10-21H2,1-2H3,(H,42,43)(H,35,36,37)/t22?,23-,24?,27-,28-/m1/s1. The van der Waals surface area contributed by atoms with E-state index in [1.807, 2.05) is 4.90 Å². The maximum atomic E-state index is 12.2. The molecule has 4 heterocycles. The van der Waals surface area contributed by atoms with Crippen LogP contribution in [0.15, 0.2) is 30.3 Å². The predicted molar refractivity (Wildman–Crippen MR) is 172 cm³/mol. The summed E-state index contributed by atoms with van der Waals surface area (Å²) in [5.74, 6) is 3.30. The number of anilines is 3. The van der Waals surface area contributed by atoms with Crippen LogP contribution in [-0.2, 0) is 16.1 Å². The first-order chi connectivity index (χ1) is 21.5. The van der Waals surface area contributed by atoms with Crippen molar-refractivity contribution in [1.82, 2.24) is 19.5 Å². The van der Waals surface area contributed by atoms with Gasteiger partial charge >= 0.3 is 5.97 Å². The second-order valence-corrected chi connectivity index (χ2v) is 13.7. The van der Waals surface area contributed by atoms with Crippen molar-refractivity contribution in [3.05, 3.63) is 35.9 Å². The Hall–Kier alpha value is -3.40. The fraction of sp³-hybridized carbons (Fsp3) is 0.647. The van der Waals surface area contributed by atoms with Crippen LogP contribution in [0.5, 0.6) is 0 Å². The molecule has 4 aliphatic rings. The summed E-state index contributed by atoms with van der Waals surface area (Å²) in [5.41, 5.74) is 2.80. The van der Waals surface area contributed by atoms with Gasteiger partial charge in [0.25, 0.3) is 0 Å². The SMILES string of the molecule is CC1CCC(Cn2c(N3CCOC[C@@H]3c3ccccc3)nc3nc(N4CCC[C@@H]4C(=O)O)nc(N[C@H](C)C4CCC4)c32)CC1. The Labute approximate surface area is 260 Å². The quantitative estimate of drug-likeness (QED) is 0.311. The molecule has 44 heavy (non-hydrogen) atoms. The molecule has 3 atom stereocenters. The van der Waals surface area contributed by atoms with E-state index in [1.165, 1.54) is 50.5 Å². The molecule has 2 aromatic heterocycles. The summed E-state index contributed by atoms with van der Waals surface area (Å²) in [7, 11) is 0. The van der Waals surface area contributed by atoms with Crippen LogP contribution in [-0.4, -0.2) is 69.0 Å². The molecule has 3 aromatic rings. The zero-order valence-corrected chi connectivity index (χ0v) is 26.2. The molecule has 0 amide bonds. The van der Waals surface area contributed by atoms with Crippen molar-refractivity contribution in [2.24, 2.45) is 17.8 Å². The highest BCUT2D eigenvalue weighted by molar-refractivity contribution is 5.88. The third-order valence-electron chi connectivity index (χ3n) is 10.7. The average molecular weight is 602 g/mol. The van der Waals surface area contributed by atoms with E-state index in [9.17, 15) is 9.90 Å². The number of morpholine rings is 1. The minimum Gasteiger partial charge on any atom is -0.480 e. The number of nitrogens with one attached hydrogen (secondary N) is 1. The van der Waals surface area contributed by atoms with E-state index in [2.05, 4.69) is 59.0 Å². The number of rotatable bonds is 9. The summed E-state index contributed by atoms with van der Waals surface area (Å²) in [5, 5.41) is 13.8. The molecule has 7 rings (SSSR count). The molecule has 2 aliphatic heterocycles. The zero-order valence-electron chi connectivity index (χ0n) is 26.2. The zero-order chi connectivity index (χ0) is 30.2. The van der Waals surface area contributed by atoms with Crippen LogP contribution in [0.25, 0.3) is 11.2 Å². The number of carbonyl (C=O) groups is 1. The number of nitrogens with zero attached hydrogens (tertiary/aromatic N) is 6. The van der Waals surface area contributed by atoms with Crippen LogP contribution in [0.3, 0.4) is 0 Å². The number of fused-ring (bicyclic) bond motifs is 1. The molecule has 4 fully saturated rings. The van der Waals surface area contributed by atoms with E-state index in [0.29, 0.717) is 49.6 Å². The van der Waals surface area contributed by atoms with Gasteiger partial charge in [-0.05, 0) is 68.8 Å². The summed E-state index contributed by atoms with van der Waals surface area (Å²) < 4.78 is 8.42. The number of ether oxygens (including phenoxy) is 1. The van der Waals surface area contributed by atoms with Gasteiger partial charge in [-0.3, -0.25) is 0 Å². The molecular weight excluding hydrogens is 554 g/mol. The highest BCUT2D eigenvalue weighted by atomic mass is 16.5. The minimum absolute atomic E-state index is 0.0413. The van der Waals surface area contributed by atoms with Gasteiger partial charge < -0.3 is 29.5 Å². The predicted octanol–water partition coefficient (Wildman–Crippen LogP) is 5.88. The summed E-state index contributed by atoms with van der Waals surface area (Å²) in [6.07, 6.45) is 10.1. The normalized spacial score (nSPS) is 27.0. The number of benzene rings is 1. The Morgan fingerprint density at radius 1 is 1.00 bits per heavy atom. The molecule has 0 radical (unpaired) electrons. The van der Waals surface area contributed by atoms with Crippen LogP contribution in [0, 0.1) is 17.8 Å². The number of hydrogen-bond acceptors (Lipinski definition) is 8. The Morgan fingerprint density at radius 3 is 2.52 bits per heavy atom. The molecule has 236 valence electrons. The van der Waals surface area contributed by atoms with Crippen LogP contribution in [0.4, 0.5) is 17.7 Å². The largest absolute Gasteiger partial charge is 0.480 e. The number of hydrogen-bond donors (Lipinski definition) is 2. The Balaban J connectivity index is 1.37. The third kappa shape index (κ3) is 5.73. The van der Waals surface area contributed by atoms with Crippen LogP contribution in [0.1, 0.15) is 83.2 Å². The van der Waals surface area contributed by atoms with Crippen LogP contribution < -0.4 is 15.1 Å². The highest BCUT2D eigenvalue weighted by Crippen LogP contribution is 2.39. The molecule has 0 unspecified atom stereocenters. The van der Waals surface area contributed by atoms with Crippen molar-refractivity contribution in [1.29, 1.82) is 0 Å². The Kier molecular flexibility index (Phi) is 8.35.